The zero-order chi connectivity index (χ0) is 17.9. The van der Waals surface area contributed by atoms with Crippen LogP contribution in [0.5, 0.6) is 5.75 Å². The summed E-state index contributed by atoms with van der Waals surface area (Å²) < 4.78 is 6.95. The number of methoxy groups -OCH3 is 1. The van der Waals surface area contributed by atoms with Gasteiger partial charge in [0.1, 0.15) is 5.75 Å². The van der Waals surface area contributed by atoms with E-state index in [9.17, 15) is 0 Å². The average molecular weight is 358 g/mol. The van der Waals surface area contributed by atoms with E-state index in [0.29, 0.717) is 5.02 Å². The lowest BCUT2D eigenvalue weighted by Gasteiger charge is -2.29. The number of nitrogens with one attached hydrogen (secondary N) is 1. The minimum absolute atomic E-state index is 0.447. The molecule has 1 N–H and O–H groups in total. The topological polar surface area (TPSA) is 64.9 Å². The van der Waals surface area contributed by atoms with E-state index in [1.165, 1.54) is 0 Å². The minimum atomic E-state index is -0.447. The summed E-state index contributed by atoms with van der Waals surface area (Å²) >= 11 is 5.97. The third-order valence-corrected chi connectivity index (χ3v) is 4.50. The highest BCUT2D eigenvalue weighted by molar-refractivity contribution is 6.30. The van der Waals surface area contributed by atoms with Gasteiger partial charge in [0.15, 0.2) is 5.82 Å². The number of tetrazole rings is 1. The summed E-state index contributed by atoms with van der Waals surface area (Å²) in [5, 5.41) is 16.5. The number of hydrogen-bond donors (Lipinski definition) is 1. The van der Waals surface area contributed by atoms with Crippen LogP contribution in [-0.4, -0.2) is 27.3 Å². The smallest absolute Gasteiger partial charge is 0.181 e. The number of rotatable bonds is 6. The minimum Gasteiger partial charge on any atom is -0.497 e. The van der Waals surface area contributed by atoms with Gasteiger partial charge in [-0.05, 0) is 72.3 Å². The van der Waals surface area contributed by atoms with Crippen molar-refractivity contribution >= 4 is 17.3 Å². The molecule has 1 atom stereocenters. The highest BCUT2D eigenvalue weighted by Crippen LogP contribution is 2.29. The molecule has 2 aromatic carbocycles. The number of ether oxygens (including phenoxy) is 1. The van der Waals surface area contributed by atoms with Crippen molar-refractivity contribution in [1.82, 2.24) is 20.2 Å². The molecule has 3 aromatic rings. The van der Waals surface area contributed by atoms with E-state index in [2.05, 4.69) is 34.7 Å². The zero-order valence-corrected chi connectivity index (χ0v) is 15.2. The Labute approximate surface area is 151 Å². The van der Waals surface area contributed by atoms with Crippen LogP contribution in [0.15, 0.2) is 48.5 Å². The summed E-state index contributed by atoms with van der Waals surface area (Å²) in [5.41, 5.74) is 1.38. The maximum Gasteiger partial charge on any atom is 0.181 e. The lowest BCUT2D eigenvalue weighted by atomic mass is 9.97. The summed E-state index contributed by atoms with van der Waals surface area (Å²) in [6, 6.07) is 15.2. The van der Waals surface area contributed by atoms with E-state index in [0.717, 1.165) is 29.4 Å². The van der Waals surface area contributed by atoms with Crippen LogP contribution >= 0.6 is 11.6 Å². The standard InChI is InChI=1S/C18H20ClN5O/c1-4-18(2,20-14-7-5-13(19)6-8-14)17-21-22-23-24(17)15-9-11-16(25-3)12-10-15/h5-12,20H,4H2,1-3H3/t18-/m1/s1. The van der Waals surface area contributed by atoms with Crippen molar-refractivity contribution in [3.8, 4) is 11.4 Å². The zero-order valence-electron chi connectivity index (χ0n) is 14.4. The molecule has 6 nitrogen and oxygen atoms in total. The van der Waals surface area contributed by atoms with Crippen molar-refractivity contribution in [1.29, 1.82) is 0 Å². The fraction of sp³-hybridized carbons (Fsp3) is 0.278. The molecule has 0 saturated carbocycles. The number of anilines is 1. The molecule has 0 unspecified atom stereocenters. The Morgan fingerprint density at radius 2 is 1.80 bits per heavy atom. The van der Waals surface area contributed by atoms with Crippen molar-refractivity contribution < 1.29 is 4.74 Å². The fourth-order valence-electron chi connectivity index (χ4n) is 2.58. The molecule has 0 aliphatic rings. The number of benzene rings is 2. The van der Waals surface area contributed by atoms with Gasteiger partial charge in [-0.2, -0.15) is 4.68 Å². The van der Waals surface area contributed by atoms with Gasteiger partial charge in [-0.15, -0.1) is 5.10 Å². The molecule has 130 valence electrons. The monoisotopic (exact) mass is 357 g/mol. The van der Waals surface area contributed by atoms with Crippen molar-refractivity contribution in [2.75, 3.05) is 12.4 Å². The van der Waals surface area contributed by atoms with E-state index in [4.69, 9.17) is 16.3 Å². The molecule has 0 saturated heterocycles. The second kappa shape index (κ2) is 7.11. The first-order valence-corrected chi connectivity index (χ1v) is 8.40. The third-order valence-electron chi connectivity index (χ3n) is 4.25. The van der Waals surface area contributed by atoms with E-state index in [1.54, 1.807) is 11.8 Å². The predicted octanol–water partition coefficient (Wildman–Crippen LogP) is 4.06. The summed E-state index contributed by atoms with van der Waals surface area (Å²) in [7, 11) is 1.64. The first-order valence-electron chi connectivity index (χ1n) is 8.03. The first kappa shape index (κ1) is 17.2. The molecule has 0 aliphatic heterocycles. The number of halogens is 1. The first-order chi connectivity index (χ1) is 12.1. The van der Waals surface area contributed by atoms with Gasteiger partial charge in [0.05, 0.1) is 18.3 Å². The summed E-state index contributed by atoms with van der Waals surface area (Å²) in [5.74, 6) is 1.52. The maximum atomic E-state index is 5.97. The predicted molar refractivity (Wildman–Crippen MR) is 98.4 cm³/mol. The van der Waals surface area contributed by atoms with Crippen LogP contribution in [0.1, 0.15) is 26.1 Å². The molecule has 0 radical (unpaired) electrons. The molecule has 0 amide bonds. The molecule has 25 heavy (non-hydrogen) atoms. The Bertz CT molecular complexity index is 831. The quantitative estimate of drug-likeness (QED) is 0.720. The molecular formula is C18H20ClN5O. The molecule has 7 heteroatoms. The summed E-state index contributed by atoms with van der Waals surface area (Å²) in [6.45, 7) is 4.17. The molecule has 0 bridgehead atoms. The van der Waals surface area contributed by atoms with Crippen LogP contribution in [0.25, 0.3) is 5.69 Å². The Kier molecular flexibility index (Phi) is 4.90. The maximum absolute atomic E-state index is 5.97. The fourth-order valence-corrected chi connectivity index (χ4v) is 2.71. The van der Waals surface area contributed by atoms with Crippen LogP contribution in [0.3, 0.4) is 0 Å². The third kappa shape index (κ3) is 3.58. The number of nitrogens with zero attached hydrogens (tertiary/aromatic N) is 4. The highest BCUT2D eigenvalue weighted by atomic mass is 35.5. The largest absolute Gasteiger partial charge is 0.497 e. The second-order valence-electron chi connectivity index (χ2n) is 5.93. The highest BCUT2D eigenvalue weighted by Gasteiger charge is 2.31. The number of aromatic nitrogens is 4. The van der Waals surface area contributed by atoms with Gasteiger partial charge in [0.25, 0.3) is 0 Å². The van der Waals surface area contributed by atoms with Gasteiger partial charge >= 0.3 is 0 Å². The van der Waals surface area contributed by atoms with Crippen LogP contribution in [0.2, 0.25) is 5.02 Å². The normalized spacial score (nSPS) is 13.3. The molecule has 3 rings (SSSR count). The van der Waals surface area contributed by atoms with Gasteiger partial charge in [-0.3, -0.25) is 0 Å². The SMILES string of the molecule is CC[C@@](C)(Nc1ccc(Cl)cc1)c1nnnn1-c1ccc(OC)cc1. The molecule has 1 aromatic heterocycles. The van der Waals surface area contributed by atoms with Crippen molar-refractivity contribution in [2.45, 2.75) is 25.8 Å². The van der Waals surface area contributed by atoms with Crippen molar-refractivity contribution in [3.05, 3.63) is 59.4 Å². The van der Waals surface area contributed by atoms with Crippen LogP contribution in [0, 0.1) is 0 Å². The summed E-state index contributed by atoms with van der Waals surface area (Å²) in [4.78, 5) is 0. The van der Waals surface area contributed by atoms with Crippen LogP contribution in [-0.2, 0) is 5.54 Å². The molecule has 0 spiro atoms. The summed E-state index contributed by atoms with van der Waals surface area (Å²) in [6.07, 6.45) is 0.798. The average Bonchev–Trinajstić information content (AvgIpc) is 3.14. The van der Waals surface area contributed by atoms with Crippen molar-refractivity contribution in [3.63, 3.8) is 0 Å². The van der Waals surface area contributed by atoms with E-state index in [1.807, 2.05) is 48.5 Å². The van der Waals surface area contributed by atoms with E-state index in [-0.39, 0.29) is 0 Å². The van der Waals surface area contributed by atoms with Crippen LogP contribution < -0.4 is 10.1 Å². The Hall–Kier alpha value is -2.60. The lowest BCUT2D eigenvalue weighted by Crippen LogP contribution is -2.34. The Morgan fingerprint density at radius 1 is 1.12 bits per heavy atom. The van der Waals surface area contributed by atoms with E-state index < -0.39 is 5.54 Å². The van der Waals surface area contributed by atoms with Crippen LogP contribution in [0.4, 0.5) is 5.69 Å². The molecule has 0 aliphatic carbocycles. The van der Waals surface area contributed by atoms with Crippen molar-refractivity contribution in [2.24, 2.45) is 0 Å². The van der Waals surface area contributed by atoms with Gasteiger partial charge in [-0.1, -0.05) is 18.5 Å². The van der Waals surface area contributed by atoms with Gasteiger partial charge in [0.2, 0.25) is 0 Å². The Balaban J connectivity index is 1.95. The Morgan fingerprint density at radius 3 is 2.40 bits per heavy atom. The molecule has 1 heterocycles. The van der Waals surface area contributed by atoms with Gasteiger partial charge in [-0.25, -0.2) is 0 Å². The molecule has 0 fully saturated rings. The van der Waals surface area contributed by atoms with Gasteiger partial charge in [0, 0.05) is 10.7 Å². The second-order valence-corrected chi connectivity index (χ2v) is 6.37. The lowest BCUT2D eigenvalue weighted by molar-refractivity contribution is 0.414. The van der Waals surface area contributed by atoms with Gasteiger partial charge < -0.3 is 10.1 Å². The molecular weight excluding hydrogens is 338 g/mol. The van der Waals surface area contributed by atoms with E-state index >= 15 is 0 Å². The number of hydrogen-bond acceptors (Lipinski definition) is 5.